The van der Waals surface area contributed by atoms with Crippen LogP contribution in [0.25, 0.3) is 10.9 Å². The standard InChI is InChI=1S/C22H23NO7/c1-6-30-22(25)19-18(14-11-13(26-2)7-8-15(14)23-19)20(24)12-9-16(27-3)21(29-5)17(10-12)28-4/h7-11,23H,6H2,1-5H3. The summed E-state index contributed by atoms with van der Waals surface area (Å²) in [7, 11) is 5.94. The molecule has 1 heterocycles. The van der Waals surface area contributed by atoms with Crippen molar-refractivity contribution in [2.45, 2.75) is 6.92 Å². The highest BCUT2D eigenvalue weighted by Gasteiger charge is 2.27. The van der Waals surface area contributed by atoms with Crippen LogP contribution >= 0.6 is 0 Å². The molecule has 0 aliphatic rings. The maximum absolute atomic E-state index is 13.6. The molecule has 0 saturated carbocycles. The number of methoxy groups -OCH3 is 4. The van der Waals surface area contributed by atoms with E-state index in [2.05, 4.69) is 4.98 Å². The first-order valence-electron chi connectivity index (χ1n) is 9.20. The summed E-state index contributed by atoms with van der Waals surface area (Å²) >= 11 is 0. The molecule has 158 valence electrons. The number of carbonyl (C=O) groups excluding carboxylic acids is 2. The molecule has 0 spiro atoms. The Morgan fingerprint density at radius 3 is 2.10 bits per heavy atom. The molecule has 1 aromatic heterocycles. The van der Waals surface area contributed by atoms with Crippen molar-refractivity contribution in [3.8, 4) is 23.0 Å². The van der Waals surface area contributed by atoms with Crippen molar-refractivity contribution in [1.82, 2.24) is 4.98 Å². The minimum atomic E-state index is -0.622. The highest BCUT2D eigenvalue weighted by atomic mass is 16.5. The Kier molecular flexibility index (Phi) is 6.15. The first-order chi connectivity index (χ1) is 14.5. The molecule has 0 saturated heterocycles. The first-order valence-corrected chi connectivity index (χ1v) is 9.20. The topological polar surface area (TPSA) is 96.1 Å². The van der Waals surface area contributed by atoms with Crippen LogP contribution in [-0.4, -0.2) is 51.8 Å². The van der Waals surface area contributed by atoms with Crippen molar-refractivity contribution < 1.29 is 33.3 Å². The van der Waals surface area contributed by atoms with Crippen LogP contribution in [-0.2, 0) is 4.74 Å². The predicted molar refractivity (Wildman–Crippen MR) is 110 cm³/mol. The molecular weight excluding hydrogens is 390 g/mol. The maximum Gasteiger partial charge on any atom is 0.355 e. The maximum atomic E-state index is 13.6. The summed E-state index contributed by atoms with van der Waals surface area (Å²) in [5, 5.41) is 0.538. The summed E-state index contributed by atoms with van der Waals surface area (Å²) < 4.78 is 26.5. The summed E-state index contributed by atoms with van der Waals surface area (Å²) in [6.45, 7) is 1.87. The molecule has 0 bridgehead atoms. The molecule has 0 fully saturated rings. The number of fused-ring (bicyclic) bond motifs is 1. The van der Waals surface area contributed by atoms with Crippen molar-refractivity contribution in [2.75, 3.05) is 35.0 Å². The first kappa shape index (κ1) is 21.0. The molecule has 1 N–H and O–H groups in total. The molecule has 0 aliphatic heterocycles. The summed E-state index contributed by atoms with van der Waals surface area (Å²) in [5.74, 6) is 0.546. The van der Waals surface area contributed by atoms with Gasteiger partial charge >= 0.3 is 5.97 Å². The Balaban J connectivity index is 2.25. The quantitative estimate of drug-likeness (QED) is 0.445. The summed E-state index contributed by atoms with van der Waals surface area (Å²) in [5.41, 5.74) is 1.11. The summed E-state index contributed by atoms with van der Waals surface area (Å²) in [6.07, 6.45) is 0. The van der Waals surface area contributed by atoms with Crippen LogP contribution in [0.1, 0.15) is 33.3 Å². The number of ketones is 1. The van der Waals surface area contributed by atoms with E-state index in [1.54, 1.807) is 25.1 Å². The van der Waals surface area contributed by atoms with E-state index in [9.17, 15) is 9.59 Å². The smallest absolute Gasteiger partial charge is 0.355 e. The fraction of sp³-hybridized carbons (Fsp3) is 0.273. The number of aromatic nitrogens is 1. The number of hydrogen-bond donors (Lipinski definition) is 1. The molecule has 0 aliphatic carbocycles. The normalized spacial score (nSPS) is 10.6. The number of H-pyrrole nitrogens is 1. The van der Waals surface area contributed by atoms with Crippen molar-refractivity contribution in [2.24, 2.45) is 0 Å². The molecule has 0 radical (unpaired) electrons. The van der Waals surface area contributed by atoms with E-state index in [1.807, 2.05) is 0 Å². The zero-order chi connectivity index (χ0) is 21.8. The van der Waals surface area contributed by atoms with Crippen molar-refractivity contribution in [3.05, 3.63) is 47.2 Å². The van der Waals surface area contributed by atoms with Crippen LogP contribution in [0.5, 0.6) is 23.0 Å². The number of ether oxygens (including phenoxy) is 5. The van der Waals surface area contributed by atoms with E-state index < -0.39 is 11.8 Å². The number of aromatic amines is 1. The zero-order valence-electron chi connectivity index (χ0n) is 17.5. The van der Waals surface area contributed by atoms with E-state index in [0.29, 0.717) is 33.9 Å². The molecule has 3 rings (SSSR count). The van der Waals surface area contributed by atoms with E-state index in [-0.39, 0.29) is 23.4 Å². The molecular formula is C22H23NO7. The van der Waals surface area contributed by atoms with Gasteiger partial charge in [0.05, 0.1) is 40.6 Å². The Hall–Kier alpha value is -3.68. The lowest BCUT2D eigenvalue weighted by Crippen LogP contribution is -2.12. The summed E-state index contributed by atoms with van der Waals surface area (Å²) in [6, 6.07) is 8.25. The lowest BCUT2D eigenvalue weighted by atomic mass is 9.99. The number of benzene rings is 2. The van der Waals surface area contributed by atoms with E-state index in [4.69, 9.17) is 23.7 Å². The second kappa shape index (κ2) is 8.77. The van der Waals surface area contributed by atoms with Gasteiger partial charge in [0.15, 0.2) is 17.3 Å². The third kappa shape index (κ3) is 3.63. The third-order valence-corrected chi connectivity index (χ3v) is 4.64. The van der Waals surface area contributed by atoms with E-state index in [0.717, 1.165) is 0 Å². The van der Waals surface area contributed by atoms with Gasteiger partial charge in [0, 0.05) is 16.5 Å². The Morgan fingerprint density at radius 1 is 0.900 bits per heavy atom. The molecule has 2 aromatic carbocycles. The highest BCUT2D eigenvalue weighted by molar-refractivity contribution is 6.21. The van der Waals surface area contributed by atoms with Gasteiger partial charge in [0.1, 0.15) is 11.4 Å². The fourth-order valence-corrected chi connectivity index (χ4v) is 3.25. The number of esters is 1. The monoisotopic (exact) mass is 413 g/mol. The Bertz CT molecular complexity index is 1080. The molecule has 8 nitrogen and oxygen atoms in total. The van der Waals surface area contributed by atoms with E-state index >= 15 is 0 Å². The van der Waals surface area contributed by atoms with Gasteiger partial charge in [-0.15, -0.1) is 0 Å². The number of carbonyl (C=O) groups is 2. The van der Waals surface area contributed by atoms with Crippen LogP contribution < -0.4 is 18.9 Å². The van der Waals surface area contributed by atoms with E-state index in [1.165, 1.54) is 40.6 Å². The van der Waals surface area contributed by atoms with Crippen LogP contribution in [0.3, 0.4) is 0 Å². The SMILES string of the molecule is CCOC(=O)c1[nH]c2ccc(OC)cc2c1C(=O)c1cc(OC)c(OC)c(OC)c1. The predicted octanol–water partition coefficient (Wildman–Crippen LogP) is 3.61. The molecule has 8 heteroatoms. The lowest BCUT2D eigenvalue weighted by Gasteiger charge is -2.14. The van der Waals surface area contributed by atoms with Gasteiger partial charge in [-0.25, -0.2) is 4.79 Å². The highest BCUT2D eigenvalue weighted by Crippen LogP contribution is 2.39. The van der Waals surface area contributed by atoms with Crippen molar-refractivity contribution in [3.63, 3.8) is 0 Å². The molecule has 0 unspecified atom stereocenters. The third-order valence-electron chi connectivity index (χ3n) is 4.64. The molecule has 0 atom stereocenters. The number of rotatable bonds is 8. The van der Waals surface area contributed by atoms with Gasteiger partial charge in [-0.2, -0.15) is 0 Å². The fourth-order valence-electron chi connectivity index (χ4n) is 3.25. The molecule has 30 heavy (non-hydrogen) atoms. The average Bonchev–Trinajstić information content (AvgIpc) is 3.16. The zero-order valence-corrected chi connectivity index (χ0v) is 17.5. The number of nitrogens with one attached hydrogen (secondary N) is 1. The minimum Gasteiger partial charge on any atom is -0.497 e. The van der Waals surface area contributed by atoms with Gasteiger partial charge < -0.3 is 28.7 Å². The molecule has 3 aromatic rings. The Morgan fingerprint density at radius 2 is 1.57 bits per heavy atom. The second-order valence-corrected chi connectivity index (χ2v) is 6.25. The van der Waals surface area contributed by atoms with Crippen LogP contribution in [0.15, 0.2) is 30.3 Å². The van der Waals surface area contributed by atoms with Gasteiger partial charge in [-0.1, -0.05) is 0 Å². The molecule has 0 amide bonds. The average molecular weight is 413 g/mol. The van der Waals surface area contributed by atoms with Crippen LogP contribution in [0.2, 0.25) is 0 Å². The van der Waals surface area contributed by atoms with Gasteiger partial charge in [-0.3, -0.25) is 4.79 Å². The largest absolute Gasteiger partial charge is 0.497 e. The number of hydrogen-bond acceptors (Lipinski definition) is 7. The summed E-state index contributed by atoms with van der Waals surface area (Å²) in [4.78, 5) is 29.1. The van der Waals surface area contributed by atoms with Gasteiger partial charge in [-0.05, 0) is 37.3 Å². The van der Waals surface area contributed by atoms with Crippen LogP contribution in [0, 0.1) is 0 Å². The van der Waals surface area contributed by atoms with Crippen molar-refractivity contribution >= 4 is 22.7 Å². The van der Waals surface area contributed by atoms with Gasteiger partial charge in [0.25, 0.3) is 0 Å². The lowest BCUT2D eigenvalue weighted by molar-refractivity contribution is 0.0518. The van der Waals surface area contributed by atoms with Gasteiger partial charge in [0.2, 0.25) is 5.75 Å². The minimum absolute atomic E-state index is 0.0684. The van der Waals surface area contributed by atoms with Crippen molar-refractivity contribution in [1.29, 1.82) is 0 Å². The van der Waals surface area contributed by atoms with Crippen LogP contribution in [0.4, 0.5) is 0 Å². The second-order valence-electron chi connectivity index (χ2n) is 6.25. The Labute approximate surface area is 173 Å².